The number of ether oxygens (including phenoxy) is 2. The SMILES string of the molecule is CCCOC(C)(CCC)C(=O)Nc1cc(C)c(OC)c(C)c1. The normalized spacial score (nSPS) is 13.5. The van der Waals surface area contributed by atoms with Crippen LogP contribution in [0.25, 0.3) is 0 Å². The van der Waals surface area contributed by atoms with Gasteiger partial charge in [-0.2, -0.15) is 0 Å². The Hall–Kier alpha value is -1.55. The predicted molar refractivity (Wildman–Crippen MR) is 90.7 cm³/mol. The third kappa shape index (κ3) is 4.47. The average molecular weight is 307 g/mol. The summed E-state index contributed by atoms with van der Waals surface area (Å²) >= 11 is 0. The van der Waals surface area contributed by atoms with Gasteiger partial charge in [-0.15, -0.1) is 0 Å². The fraction of sp³-hybridized carbons (Fsp3) is 0.611. The van der Waals surface area contributed by atoms with Crippen LogP contribution in [0, 0.1) is 13.8 Å². The highest BCUT2D eigenvalue weighted by Crippen LogP contribution is 2.28. The molecule has 4 nitrogen and oxygen atoms in total. The van der Waals surface area contributed by atoms with Gasteiger partial charge >= 0.3 is 0 Å². The quantitative estimate of drug-likeness (QED) is 0.781. The molecule has 0 radical (unpaired) electrons. The van der Waals surface area contributed by atoms with Gasteiger partial charge in [0, 0.05) is 12.3 Å². The van der Waals surface area contributed by atoms with E-state index in [2.05, 4.69) is 12.2 Å². The summed E-state index contributed by atoms with van der Waals surface area (Å²) in [6.45, 7) is 10.5. The number of benzene rings is 1. The molecule has 1 N–H and O–H groups in total. The Kier molecular flexibility index (Phi) is 6.88. The lowest BCUT2D eigenvalue weighted by molar-refractivity contribution is -0.140. The number of carbonyl (C=O) groups is 1. The monoisotopic (exact) mass is 307 g/mol. The molecule has 1 unspecified atom stereocenters. The summed E-state index contributed by atoms with van der Waals surface area (Å²) in [5.41, 5.74) is 2.00. The summed E-state index contributed by atoms with van der Waals surface area (Å²) in [6.07, 6.45) is 2.49. The van der Waals surface area contributed by atoms with Crippen molar-refractivity contribution in [3.05, 3.63) is 23.3 Å². The van der Waals surface area contributed by atoms with Crippen LogP contribution in [0.3, 0.4) is 0 Å². The first-order valence-electron chi connectivity index (χ1n) is 7.98. The Morgan fingerprint density at radius 1 is 1.18 bits per heavy atom. The van der Waals surface area contributed by atoms with Gasteiger partial charge < -0.3 is 14.8 Å². The standard InChI is InChI=1S/C18H29NO3/c1-7-9-18(5,22-10-8-2)17(20)19-15-11-13(3)16(21-6)14(4)12-15/h11-12H,7-10H2,1-6H3,(H,19,20). The van der Waals surface area contributed by atoms with Crippen molar-refractivity contribution < 1.29 is 14.3 Å². The molecular formula is C18H29NO3. The van der Waals surface area contributed by atoms with Gasteiger partial charge in [0.25, 0.3) is 5.91 Å². The minimum atomic E-state index is -0.785. The molecule has 0 aliphatic heterocycles. The zero-order valence-corrected chi connectivity index (χ0v) is 14.7. The van der Waals surface area contributed by atoms with Crippen LogP contribution in [0.1, 0.15) is 51.2 Å². The predicted octanol–water partition coefficient (Wildman–Crippen LogP) is 4.24. The number of methoxy groups -OCH3 is 1. The Morgan fingerprint density at radius 3 is 2.23 bits per heavy atom. The molecule has 1 aromatic rings. The molecule has 124 valence electrons. The highest BCUT2D eigenvalue weighted by Gasteiger charge is 2.33. The minimum Gasteiger partial charge on any atom is -0.496 e. The van der Waals surface area contributed by atoms with E-state index >= 15 is 0 Å². The maximum Gasteiger partial charge on any atom is 0.256 e. The van der Waals surface area contributed by atoms with Gasteiger partial charge in [-0.3, -0.25) is 4.79 Å². The Labute approximate surface area is 134 Å². The van der Waals surface area contributed by atoms with Gasteiger partial charge in [0.15, 0.2) is 0 Å². The van der Waals surface area contributed by atoms with Crippen molar-refractivity contribution in [3.8, 4) is 5.75 Å². The Bertz CT molecular complexity index is 490. The molecule has 22 heavy (non-hydrogen) atoms. The summed E-state index contributed by atoms with van der Waals surface area (Å²) in [5, 5.41) is 2.99. The maximum atomic E-state index is 12.6. The molecule has 1 rings (SSSR count). The van der Waals surface area contributed by atoms with Crippen LogP contribution in [0.2, 0.25) is 0 Å². The van der Waals surface area contributed by atoms with E-state index in [1.165, 1.54) is 0 Å². The van der Waals surface area contributed by atoms with Crippen LogP contribution in [-0.2, 0) is 9.53 Å². The molecule has 4 heteroatoms. The van der Waals surface area contributed by atoms with E-state index in [1.807, 2.05) is 39.8 Å². The van der Waals surface area contributed by atoms with Crippen LogP contribution in [0.4, 0.5) is 5.69 Å². The van der Waals surface area contributed by atoms with Gasteiger partial charge in [-0.1, -0.05) is 20.3 Å². The lowest BCUT2D eigenvalue weighted by Gasteiger charge is -2.28. The number of rotatable bonds is 8. The molecule has 1 atom stereocenters. The number of nitrogens with one attached hydrogen (secondary N) is 1. The van der Waals surface area contributed by atoms with Crippen molar-refractivity contribution in [1.29, 1.82) is 0 Å². The molecule has 0 aliphatic carbocycles. The van der Waals surface area contributed by atoms with Crippen molar-refractivity contribution in [2.24, 2.45) is 0 Å². The third-order valence-electron chi connectivity index (χ3n) is 3.75. The zero-order valence-electron chi connectivity index (χ0n) is 14.7. The number of carbonyl (C=O) groups excluding carboxylic acids is 1. The number of aryl methyl sites for hydroxylation is 2. The summed E-state index contributed by atoms with van der Waals surface area (Å²) in [6, 6.07) is 3.85. The van der Waals surface area contributed by atoms with Crippen molar-refractivity contribution in [2.45, 2.75) is 59.5 Å². The molecular weight excluding hydrogens is 278 g/mol. The second-order valence-corrected chi connectivity index (χ2v) is 5.93. The van der Waals surface area contributed by atoms with E-state index < -0.39 is 5.60 Å². The largest absolute Gasteiger partial charge is 0.496 e. The number of amides is 1. The lowest BCUT2D eigenvalue weighted by atomic mass is 9.98. The van der Waals surface area contributed by atoms with Gasteiger partial charge in [0.05, 0.1) is 7.11 Å². The number of hydrogen-bond acceptors (Lipinski definition) is 3. The van der Waals surface area contributed by atoms with E-state index in [-0.39, 0.29) is 5.91 Å². The van der Waals surface area contributed by atoms with E-state index in [4.69, 9.17) is 9.47 Å². The Morgan fingerprint density at radius 2 is 1.77 bits per heavy atom. The molecule has 1 aromatic carbocycles. The van der Waals surface area contributed by atoms with Gasteiger partial charge in [0.2, 0.25) is 0 Å². The van der Waals surface area contributed by atoms with E-state index in [0.717, 1.165) is 35.4 Å². The minimum absolute atomic E-state index is 0.0910. The van der Waals surface area contributed by atoms with Crippen LogP contribution in [0.5, 0.6) is 5.75 Å². The number of hydrogen-bond donors (Lipinski definition) is 1. The molecule has 0 aromatic heterocycles. The fourth-order valence-electron chi connectivity index (χ4n) is 2.66. The van der Waals surface area contributed by atoms with Crippen LogP contribution < -0.4 is 10.1 Å². The zero-order chi connectivity index (χ0) is 16.8. The van der Waals surface area contributed by atoms with Crippen molar-refractivity contribution in [1.82, 2.24) is 0 Å². The smallest absolute Gasteiger partial charge is 0.256 e. The van der Waals surface area contributed by atoms with Crippen LogP contribution >= 0.6 is 0 Å². The lowest BCUT2D eigenvalue weighted by Crippen LogP contribution is -2.43. The molecule has 0 saturated carbocycles. The molecule has 0 fully saturated rings. The summed E-state index contributed by atoms with van der Waals surface area (Å²) in [4.78, 5) is 12.6. The molecule has 0 aliphatic rings. The van der Waals surface area contributed by atoms with Crippen molar-refractivity contribution in [3.63, 3.8) is 0 Å². The molecule has 1 amide bonds. The van der Waals surface area contributed by atoms with E-state index in [9.17, 15) is 4.79 Å². The number of anilines is 1. The molecule has 0 bridgehead atoms. The first-order chi connectivity index (χ1) is 10.4. The van der Waals surface area contributed by atoms with Crippen molar-refractivity contribution >= 4 is 11.6 Å². The molecule has 0 saturated heterocycles. The van der Waals surface area contributed by atoms with Gasteiger partial charge in [0.1, 0.15) is 11.4 Å². The van der Waals surface area contributed by atoms with E-state index in [0.29, 0.717) is 13.0 Å². The maximum absolute atomic E-state index is 12.6. The second kappa shape index (κ2) is 8.18. The molecule has 0 spiro atoms. The summed E-state index contributed by atoms with van der Waals surface area (Å²) in [7, 11) is 1.66. The highest BCUT2D eigenvalue weighted by atomic mass is 16.5. The van der Waals surface area contributed by atoms with Gasteiger partial charge in [-0.25, -0.2) is 0 Å². The van der Waals surface area contributed by atoms with Crippen molar-refractivity contribution in [2.75, 3.05) is 19.0 Å². The Balaban J connectivity index is 2.94. The van der Waals surface area contributed by atoms with Crippen LogP contribution in [0.15, 0.2) is 12.1 Å². The first kappa shape index (κ1) is 18.5. The van der Waals surface area contributed by atoms with Gasteiger partial charge in [-0.05, 0) is 56.9 Å². The molecule has 0 heterocycles. The van der Waals surface area contributed by atoms with Crippen LogP contribution in [-0.4, -0.2) is 25.2 Å². The fourth-order valence-corrected chi connectivity index (χ4v) is 2.66. The highest BCUT2D eigenvalue weighted by molar-refractivity contribution is 5.97. The second-order valence-electron chi connectivity index (χ2n) is 5.93. The topological polar surface area (TPSA) is 47.6 Å². The summed E-state index contributed by atoms with van der Waals surface area (Å²) in [5.74, 6) is 0.767. The summed E-state index contributed by atoms with van der Waals surface area (Å²) < 4.78 is 11.2. The third-order valence-corrected chi connectivity index (χ3v) is 3.75. The van der Waals surface area contributed by atoms with E-state index in [1.54, 1.807) is 7.11 Å². The first-order valence-corrected chi connectivity index (χ1v) is 7.98. The average Bonchev–Trinajstić information content (AvgIpc) is 2.45.